The molecule has 1 amide bonds. The molecule has 142 valence electrons. The lowest BCUT2D eigenvalue weighted by molar-refractivity contribution is -0.119. The highest BCUT2D eigenvalue weighted by molar-refractivity contribution is 5.94. The Morgan fingerprint density at radius 3 is 2.74 bits per heavy atom. The summed E-state index contributed by atoms with van der Waals surface area (Å²) in [6.07, 6.45) is 3.60. The molecule has 0 bridgehead atoms. The summed E-state index contributed by atoms with van der Waals surface area (Å²) in [5.41, 5.74) is 4.55. The van der Waals surface area contributed by atoms with E-state index in [-0.39, 0.29) is 5.91 Å². The predicted octanol–water partition coefficient (Wildman–Crippen LogP) is 3.26. The van der Waals surface area contributed by atoms with Crippen LogP contribution in [-0.4, -0.2) is 32.6 Å². The molecule has 3 aromatic rings. The number of rotatable bonds is 6. The largest absolute Gasteiger partial charge is 0.497 e. The van der Waals surface area contributed by atoms with Gasteiger partial charge in [-0.3, -0.25) is 14.2 Å². The molecule has 1 N–H and O–H groups in total. The van der Waals surface area contributed by atoms with Crippen LogP contribution in [0.5, 0.6) is 5.75 Å². The summed E-state index contributed by atoms with van der Waals surface area (Å²) in [5, 5.41) is 11.8. The second-order valence-electron chi connectivity index (χ2n) is 6.72. The van der Waals surface area contributed by atoms with Gasteiger partial charge in [0.1, 0.15) is 11.8 Å². The van der Waals surface area contributed by atoms with Crippen molar-refractivity contribution in [1.82, 2.24) is 19.6 Å². The van der Waals surface area contributed by atoms with Crippen molar-refractivity contribution < 1.29 is 9.53 Å². The van der Waals surface area contributed by atoms with Gasteiger partial charge in [-0.05, 0) is 51.0 Å². The van der Waals surface area contributed by atoms with E-state index in [1.807, 2.05) is 62.8 Å². The highest BCUT2D eigenvalue weighted by Crippen LogP contribution is 2.23. The molecule has 1 aromatic carbocycles. The zero-order valence-electron chi connectivity index (χ0n) is 16.4. The Hall–Kier alpha value is -3.09. The first kappa shape index (κ1) is 18.7. The molecule has 0 radical (unpaired) electrons. The molecule has 0 aliphatic heterocycles. The molecule has 0 saturated heterocycles. The van der Waals surface area contributed by atoms with Crippen LogP contribution in [-0.2, 0) is 11.3 Å². The Bertz CT molecular complexity index is 957. The average Bonchev–Trinajstić information content (AvgIpc) is 3.20. The normalized spacial score (nSPS) is 12.0. The van der Waals surface area contributed by atoms with Gasteiger partial charge in [0.15, 0.2) is 0 Å². The Kier molecular flexibility index (Phi) is 5.30. The summed E-state index contributed by atoms with van der Waals surface area (Å²) in [5.74, 6) is 0.691. The van der Waals surface area contributed by atoms with Gasteiger partial charge < -0.3 is 10.1 Å². The standard InChI is InChI=1S/C20H25N5O2/c1-13-10-21-24(11-13)16(4)20(26)22-19-14(2)23-25(15(19)3)12-17-7-6-8-18(9-17)27-5/h6-11,16H,12H2,1-5H3,(H,22,26). The topological polar surface area (TPSA) is 74.0 Å². The van der Waals surface area contributed by atoms with Crippen LogP contribution in [0.25, 0.3) is 0 Å². The van der Waals surface area contributed by atoms with Crippen LogP contribution in [0.3, 0.4) is 0 Å². The van der Waals surface area contributed by atoms with E-state index in [2.05, 4.69) is 15.5 Å². The number of carbonyl (C=O) groups is 1. The van der Waals surface area contributed by atoms with Crippen molar-refractivity contribution in [1.29, 1.82) is 0 Å². The molecule has 7 nitrogen and oxygen atoms in total. The van der Waals surface area contributed by atoms with Crippen LogP contribution in [0.15, 0.2) is 36.7 Å². The second kappa shape index (κ2) is 7.65. The van der Waals surface area contributed by atoms with Crippen molar-refractivity contribution in [3.63, 3.8) is 0 Å². The third-order valence-corrected chi connectivity index (χ3v) is 4.60. The zero-order chi connectivity index (χ0) is 19.6. The van der Waals surface area contributed by atoms with Gasteiger partial charge in [0.25, 0.3) is 0 Å². The Labute approximate surface area is 159 Å². The van der Waals surface area contributed by atoms with Gasteiger partial charge in [-0.25, -0.2) is 0 Å². The summed E-state index contributed by atoms with van der Waals surface area (Å²) < 4.78 is 8.83. The number of amides is 1. The van der Waals surface area contributed by atoms with Crippen molar-refractivity contribution in [2.24, 2.45) is 0 Å². The Balaban J connectivity index is 1.78. The summed E-state index contributed by atoms with van der Waals surface area (Å²) in [4.78, 5) is 12.7. The molecule has 0 fully saturated rings. The van der Waals surface area contributed by atoms with E-state index in [1.54, 1.807) is 18.0 Å². The first-order chi connectivity index (χ1) is 12.9. The molecule has 0 aliphatic carbocycles. The second-order valence-corrected chi connectivity index (χ2v) is 6.72. The minimum absolute atomic E-state index is 0.120. The number of anilines is 1. The molecule has 0 saturated carbocycles. The fourth-order valence-corrected chi connectivity index (χ4v) is 2.97. The maximum Gasteiger partial charge on any atom is 0.249 e. The fraction of sp³-hybridized carbons (Fsp3) is 0.350. The van der Waals surface area contributed by atoms with Gasteiger partial charge in [-0.15, -0.1) is 0 Å². The highest BCUT2D eigenvalue weighted by atomic mass is 16.5. The fourth-order valence-electron chi connectivity index (χ4n) is 2.97. The number of aromatic nitrogens is 4. The number of carbonyl (C=O) groups excluding carboxylic acids is 1. The van der Waals surface area contributed by atoms with E-state index in [9.17, 15) is 4.79 Å². The smallest absolute Gasteiger partial charge is 0.249 e. The van der Waals surface area contributed by atoms with Crippen LogP contribution >= 0.6 is 0 Å². The Morgan fingerprint density at radius 2 is 2.07 bits per heavy atom. The first-order valence-corrected chi connectivity index (χ1v) is 8.87. The van der Waals surface area contributed by atoms with Crippen molar-refractivity contribution in [2.45, 2.75) is 40.3 Å². The SMILES string of the molecule is COc1cccc(Cn2nc(C)c(NC(=O)C(C)n3cc(C)cn3)c2C)c1. The van der Waals surface area contributed by atoms with Crippen LogP contribution < -0.4 is 10.1 Å². The van der Waals surface area contributed by atoms with Crippen molar-refractivity contribution >= 4 is 11.6 Å². The Morgan fingerprint density at radius 1 is 1.30 bits per heavy atom. The van der Waals surface area contributed by atoms with E-state index < -0.39 is 6.04 Å². The number of aryl methyl sites for hydroxylation is 2. The summed E-state index contributed by atoms with van der Waals surface area (Å²) >= 11 is 0. The monoisotopic (exact) mass is 367 g/mol. The average molecular weight is 367 g/mol. The number of nitrogens with zero attached hydrogens (tertiary/aromatic N) is 4. The minimum Gasteiger partial charge on any atom is -0.497 e. The van der Waals surface area contributed by atoms with Crippen LogP contribution in [0.4, 0.5) is 5.69 Å². The number of nitrogens with one attached hydrogen (secondary N) is 1. The van der Waals surface area contributed by atoms with Crippen molar-refractivity contribution in [2.75, 3.05) is 12.4 Å². The lowest BCUT2D eigenvalue weighted by Crippen LogP contribution is -2.24. The molecule has 2 heterocycles. The molecule has 3 rings (SSSR count). The maximum absolute atomic E-state index is 12.7. The van der Waals surface area contributed by atoms with Gasteiger partial charge in [0.05, 0.1) is 36.9 Å². The number of hydrogen-bond acceptors (Lipinski definition) is 4. The number of hydrogen-bond donors (Lipinski definition) is 1. The van der Waals surface area contributed by atoms with Gasteiger partial charge in [-0.2, -0.15) is 10.2 Å². The van der Waals surface area contributed by atoms with Crippen LogP contribution in [0.1, 0.15) is 35.5 Å². The summed E-state index contributed by atoms with van der Waals surface area (Å²) in [6.45, 7) is 8.23. The van der Waals surface area contributed by atoms with Gasteiger partial charge >= 0.3 is 0 Å². The van der Waals surface area contributed by atoms with Crippen LogP contribution in [0, 0.1) is 20.8 Å². The molecule has 27 heavy (non-hydrogen) atoms. The number of benzene rings is 1. The van der Waals surface area contributed by atoms with Crippen molar-refractivity contribution in [3.05, 3.63) is 59.2 Å². The molecule has 1 atom stereocenters. The molecular formula is C20H25N5O2. The lowest BCUT2D eigenvalue weighted by Gasteiger charge is -2.13. The number of ether oxygens (including phenoxy) is 1. The zero-order valence-corrected chi connectivity index (χ0v) is 16.4. The molecule has 2 aromatic heterocycles. The number of methoxy groups -OCH3 is 1. The molecule has 1 unspecified atom stereocenters. The first-order valence-electron chi connectivity index (χ1n) is 8.87. The molecule has 0 spiro atoms. The minimum atomic E-state index is -0.403. The van der Waals surface area contributed by atoms with Gasteiger partial charge in [-0.1, -0.05) is 12.1 Å². The van der Waals surface area contributed by atoms with E-state index in [1.165, 1.54) is 0 Å². The third-order valence-electron chi connectivity index (χ3n) is 4.60. The van der Waals surface area contributed by atoms with Crippen molar-refractivity contribution in [3.8, 4) is 5.75 Å². The van der Waals surface area contributed by atoms with E-state index in [0.29, 0.717) is 6.54 Å². The maximum atomic E-state index is 12.7. The molecule has 0 aliphatic rings. The molecular weight excluding hydrogens is 342 g/mol. The lowest BCUT2D eigenvalue weighted by atomic mass is 10.2. The van der Waals surface area contributed by atoms with Gasteiger partial charge in [0, 0.05) is 6.20 Å². The van der Waals surface area contributed by atoms with E-state index in [4.69, 9.17) is 4.74 Å². The summed E-state index contributed by atoms with van der Waals surface area (Å²) in [7, 11) is 1.65. The predicted molar refractivity (Wildman–Crippen MR) is 104 cm³/mol. The third kappa shape index (κ3) is 4.02. The van der Waals surface area contributed by atoms with E-state index in [0.717, 1.165) is 34.0 Å². The highest BCUT2D eigenvalue weighted by Gasteiger charge is 2.20. The van der Waals surface area contributed by atoms with Crippen LogP contribution in [0.2, 0.25) is 0 Å². The van der Waals surface area contributed by atoms with E-state index >= 15 is 0 Å². The molecule has 7 heteroatoms. The summed E-state index contributed by atoms with van der Waals surface area (Å²) in [6, 6.07) is 7.47. The quantitative estimate of drug-likeness (QED) is 0.726. The van der Waals surface area contributed by atoms with Gasteiger partial charge in [0.2, 0.25) is 5.91 Å².